The summed E-state index contributed by atoms with van der Waals surface area (Å²) in [7, 11) is -2.84. The molecule has 1 aliphatic rings. The van der Waals surface area contributed by atoms with Gasteiger partial charge in [0.25, 0.3) is 0 Å². The van der Waals surface area contributed by atoms with E-state index in [4.69, 9.17) is 0 Å². The molecule has 5 heteroatoms. The van der Waals surface area contributed by atoms with Gasteiger partial charge in [0, 0.05) is 12.1 Å². The number of hydrogen-bond donors (Lipinski definition) is 0. The minimum atomic E-state index is -2.84. The molecule has 0 spiro atoms. The van der Waals surface area contributed by atoms with E-state index in [0.717, 1.165) is 36.3 Å². The van der Waals surface area contributed by atoms with Crippen molar-refractivity contribution < 1.29 is 8.42 Å². The molecule has 1 aliphatic heterocycles. The minimum absolute atomic E-state index is 0.212. The average Bonchev–Trinajstić information content (AvgIpc) is 2.72. The fourth-order valence-electron chi connectivity index (χ4n) is 2.97. The van der Waals surface area contributed by atoms with Crippen LogP contribution in [0.4, 0.5) is 0 Å². The monoisotopic (exact) mass is 278 g/mol. The highest BCUT2D eigenvalue weighted by Crippen LogP contribution is 2.23. The van der Waals surface area contributed by atoms with Gasteiger partial charge < -0.3 is 4.40 Å². The zero-order chi connectivity index (χ0) is 13.5. The van der Waals surface area contributed by atoms with Gasteiger partial charge in [0.2, 0.25) is 0 Å². The molecule has 0 N–H and O–H groups in total. The van der Waals surface area contributed by atoms with Gasteiger partial charge in [0.05, 0.1) is 23.2 Å². The number of sulfone groups is 1. The lowest BCUT2D eigenvalue weighted by Crippen LogP contribution is -2.27. The van der Waals surface area contributed by atoms with Gasteiger partial charge in [-0.1, -0.05) is 6.07 Å². The first-order valence-corrected chi connectivity index (χ1v) is 8.50. The summed E-state index contributed by atoms with van der Waals surface area (Å²) in [5.74, 6) is 1.86. The second-order valence-corrected chi connectivity index (χ2v) is 7.66. The predicted molar refractivity (Wildman–Crippen MR) is 75.0 cm³/mol. The molecule has 0 aliphatic carbocycles. The number of imidazole rings is 1. The second kappa shape index (κ2) is 4.63. The highest BCUT2D eigenvalue weighted by molar-refractivity contribution is 7.91. The first-order chi connectivity index (χ1) is 9.05. The molecule has 1 saturated heterocycles. The average molecular weight is 278 g/mol. The van der Waals surface area contributed by atoms with Crippen LogP contribution >= 0.6 is 0 Å². The summed E-state index contributed by atoms with van der Waals surface area (Å²) >= 11 is 0. The predicted octanol–water partition coefficient (Wildman–Crippen LogP) is 2.01. The molecule has 19 heavy (non-hydrogen) atoms. The van der Waals surface area contributed by atoms with Crippen molar-refractivity contribution in [2.24, 2.45) is 5.92 Å². The van der Waals surface area contributed by atoms with E-state index in [1.165, 1.54) is 0 Å². The Morgan fingerprint density at radius 3 is 3.05 bits per heavy atom. The van der Waals surface area contributed by atoms with Crippen molar-refractivity contribution in [2.45, 2.75) is 26.2 Å². The topological polar surface area (TPSA) is 51.4 Å². The van der Waals surface area contributed by atoms with Crippen LogP contribution in [0.2, 0.25) is 0 Å². The van der Waals surface area contributed by atoms with Crippen LogP contribution in [-0.4, -0.2) is 29.3 Å². The number of aryl methyl sites for hydroxylation is 1. The molecular formula is C14H18N2O2S. The van der Waals surface area contributed by atoms with Crippen LogP contribution in [0.3, 0.4) is 0 Å². The Morgan fingerprint density at radius 2 is 2.26 bits per heavy atom. The maximum absolute atomic E-state index is 11.7. The Labute approximate surface area is 113 Å². The lowest BCUT2D eigenvalue weighted by Gasteiger charge is -2.21. The minimum Gasteiger partial charge on any atom is -0.301 e. The number of fused-ring (bicyclic) bond motifs is 1. The smallest absolute Gasteiger partial charge is 0.150 e. The summed E-state index contributed by atoms with van der Waals surface area (Å²) in [6, 6.07) is 6.10. The number of hydrogen-bond acceptors (Lipinski definition) is 3. The highest BCUT2D eigenvalue weighted by atomic mass is 32.2. The molecule has 1 unspecified atom stereocenters. The molecule has 3 rings (SSSR count). The maximum atomic E-state index is 11.7. The molecule has 102 valence electrons. The molecule has 3 heterocycles. The molecule has 1 fully saturated rings. The van der Waals surface area contributed by atoms with Gasteiger partial charge in [-0.2, -0.15) is 0 Å². The molecular weight excluding hydrogens is 260 g/mol. The fraction of sp³-hybridized carbons (Fsp3) is 0.500. The van der Waals surface area contributed by atoms with Gasteiger partial charge in [-0.05, 0) is 37.8 Å². The third-order valence-corrected chi connectivity index (χ3v) is 5.74. The normalized spacial score (nSPS) is 22.7. The van der Waals surface area contributed by atoms with Gasteiger partial charge in [-0.3, -0.25) is 0 Å². The lowest BCUT2D eigenvalue weighted by atomic mass is 10.0. The van der Waals surface area contributed by atoms with Gasteiger partial charge in [0.1, 0.15) is 5.82 Å². The van der Waals surface area contributed by atoms with Crippen molar-refractivity contribution in [3.63, 3.8) is 0 Å². The van der Waals surface area contributed by atoms with E-state index in [2.05, 4.69) is 22.4 Å². The van der Waals surface area contributed by atoms with Gasteiger partial charge in [0.15, 0.2) is 9.84 Å². The van der Waals surface area contributed by atoms with Crippen molar-refractivity contribution >= 4 is 15.4 Å². The van der Waals surface area contributed by atoms with E-state index in [1.54, 1.807) is 0 Å². The van der Waals surface area contributed by atoms with E-state index < -0.39 is 9.84 Å². The third-order valence-electron chi connectivity index (χ3n) is 3.85. The second-order valence-electron chi connectivity index (χ2n) is 5.43. The van der Waals surface area contributed by atoms with E-state index >= 15 is 0 Å². The molecule has 0 saturated carbocycles. The van der Waals surface area contributed by atoms with Crippen LogP contribution in [0.5, 0.6) is 0 Å². The van der Waals surface area contributed by atoms with Crippen LogP contribution < -0.4 is 0 Å². The Bertz CT molecular complexity index is 703. The number of pyridine rings is 1. The Balaban J connectivity index is 1.90. The zero-order valence-corrected chi connectivity index (χ0v) is 11.9. The van der Waals surface area contributed by atoms with Crippen LogP contribution in [0.15, 0.2) is 24.4 Å². The highest BCUT2D eigenvalue weighted by Gasteiger charge is 2.26. The maximum Gasteiger partial charge on any atom is 0.150 e. The van der Waals surface area contributed by atoms with Gasteiger partial charge >= 0.3 is 0 Å². The van der Waals surface area contributed by atoms with Crippen LogP contribution in [-0.2, 0) is 16.3 Å². The summed E-state index contributed by atoms with van der Waals surface area (Å²) < 4.78 is 25.5. The Hall–Kier alpha value is -1.36. The van der Waals surface area contributed by atoms with Crippen molar-refractivity contribution in [2.75, 3.05) is 11.5 Å². The summed E-state index contributed by atoms with van der Waals surface area (Å²) in [5.41, 5.74) is 2.22. The van der Waals surface area contributed by atoms with Crippen molar-refractivity contribution in [1.82, 2.24) is 9.38 Å². The molecule has 1 atom stereocenters. The third kappa shape index (κ3) is 2.52. The molecule has 4 nitrogen and oxygen atoms in total. The summed E-state index contributed by atoms with van der Waals surface area (Å²) in [6.07, 6.45) is 4.38. The quantitative estimate of drug-likeness (QED) is 0.844. The summed E-state index contributed by atoms with van der Waals surface area (Å²) in [4.78, 5) is 4.47. The van der Waals surface area contributed by atoms with E-state index in [9.17, 15) is 8.42 Å². The van der Waals surface area contributed by atoms with Crippen LogP contribution in [0, 0.1) is 12.8 Å². The lowest BCUT2D eigenvalue weighted by molar-refractivity contribution is 0.474. The SMILES string of the molecule is Cc1cccc2cnc(CC3CCCS(=O)(=O)C3)n12. The van der Waals surface area contributed by atoms with E-state index in [0.29, 0.717) is 11.5 Å². The largest absolute Gasteiger partial charge is 0.301 e. The Morgan fingerprint density at radius 1 is 1.42 bits per heavy atom. The van der Waals surface area contributed by atoms with Crippen LogP contribution in [0.25, 0.3) is 5.52 Å². The van der Waals surface area contributed by atoms with Gasteiger partial charge in [-0.25, -0.2) is 13.4 Å². The number of aromatic nitrogens is 2. The first kappa shape index (κ1) is 12.7. The molecule has 2 aromatic heterocycles. The number of rotatable bonds is 2. The number of nitrogens with zero attached hydrogens (tertiary/aromatic N) is 2. The molecule has 0 bridgehead atoms. The van der Waals surface area contributed by atoms with Crippen molar-refractivity contribution in [1.29, 1.82) is 0 Å². The van der Waals surface area contributed by atoms with Gasteiger partial charge in [-0.15, -0.1) is 0 Å². The zero-order valence-electron chi connectivity index (χ0n) is 11.0. The molecule has 0 amide bonds. The molecule has 2 aromatic rings. The van der Waals surface area contributed by atoms with Crippen LogP contribution in [0.1, 0.15) is 24.4 Å². The van der Waals surface area contributed by atoms with Crippen molar-refractivity contribution in [3.8, 4) is 0 Å². The molecule has 0 radical (unpaired) electrons. The first-order valence-electron chi connectivity index (χ1n) is 6.67. The van der Waals surface area contributed by atoms with Crippen molar-refractivity contribution in [3.05, 3.63) is 35.9 Å². The van der Waals surface area contributed by atoms with E-state index in [1.807, 2.05) is 18.3 Å². The summed E-state index contributed by atoms with van der Waals surface area (Å²) in [5, 5.41) is 0. The fourth-order valence-corrected chi connectivity index (χ4v) is 4.75. The standard InChI is InChI=1S/C14H18N2O2S/c1-11-4-2-6-13-9-15-14(16(11)13)8-12-5-3-7-19(17,18)10-12/h2,4,6,9,12H,3,5,7-8,10H2,1H3. The Kier molecular flexibility index (Phi) is 3.09. The summed E-state index contributed by atoms with van der Waals surface area (Å²) in [6.45, 7) is 2.05. The molecule has 0 aromatic carbocycles. The van der Waals surface area contributed by atoms with E-state index in [-0.39, 0.29) is 5.92 Å².